The molecule has 1 unspecified atom stereocenters. The van der Waals surface area contributed by atoms with Crippen LogP contribution in [0.1, 0.15) is 40.5 Å². The maximum absolute atomic E-state index is 12.7. The Hall–Kier alpha value is -2.90. The number of likely N-dealkylation sites (tertiary alicyclic amines) is 1. The molecule has 8 nitrogen and oxygen atoms in total. The number of carboxylic acid groups (broad SMARTS) is 1. The monoisotopic (exact) mass is 344 g/mol. The average Bonchev–Trinajstić information content (AvgIpc) is 3.02. The number of hydrogen-bond donors (Lipinski definition) is 2. The van der Waals surface area contributed by atoms with Crippen molar-refractivity contribution in [1.29, 1.82) is 0 Å². The molecule has 1 saturated heterocycles. The minimum atomic E-state index is -0.950. The molecule has 0 radical (unpaired) electrons. The van der Waals surface area contributed by atoms with Gasteiger partial charge in [0.15, 0.2) is 0 Å². The number of aromatic amines is 1. The number of nitrogens with one attached hydrogen (secondary N) is 1. The van der Waals surface area contributed by atoms with E-state index >= 15 is 0 Å². The van der Waals surface area contributed by atoms with Crippen LogP contribution < -0.4 is 5.56 Å². The minimum absolute atomic E-state index is 0.0391. The Morgan fingerprint density at radius 1 is 1.36 bits per heavy atom. The summed E-state index contributed by atoms with van der Waals surface area (Å²) in [6.45, 7) is 2.64. The minimum Gasteiger partial charge on any atom is -0.480 e. The van der Waals surface area contributed by atoms with E-state index < -0.39 is 5.97 Å². The molecular formula is C17H20N4O4. The number of aryl methyl sites for hydroxylation is 1. The summed E-state index contributed by atoms with van der Waals surface area (Å²) in [6, 6.07) is 5.06. The molecule has 0 saturated carbocycles. The molecule has 0 spiro atoms. The zero-order valence-electron chi connectivity index (χ0n) is 13.9. The molecule has 25 heavy (non-hydrogen) atoms. The Labute approximate surface area is 144 Å². The van der Waals surface area contributed by atoms with Gasteiger partial charge in [0.05, 0.1) is 5.69 Å². The lowest BCUT2D eigenvalue weighted by Crippen LogP contribution is -2.41. The number of carbonyl (C=O) groups is 2. The van der Waals surface area contributed by atoms with E-state index in [2.05, 4.69) is 10.1 Å². The van der Waals surface area contributed by atoms with Gasteiger partial charge >= 0.3 is 5.97 Å². The zero-order valence-corrected chi connectivity index (χ0v) is 13.9. The summed E-state index contributed by atoms with van der Waals surface area (Å²) in [5, 5.41) is 13.1. The van der Waals surface area contributed by atoms with Crippen molar-refractivity contribution in [1.82, 2.24) is 19.7 Å². The average molecular weight is 344 g/mol. The van der Waals surface area contributed by atoms with E-state index in [1.54, 1.807) is 36.2 Å². The normalized spacial score (nSPS) is 17.5. The van der Waals surface area contributed by atoms with Crippen molar-refractivity contribution in [2.24, 2.45) is 0 Å². The SMILES string of the molecule is Cc1ccc(C(=O)N2CCCC(c3ccn(CC(=O)O)n3)C2)c(=O)[nH]1. The maximum atomic E-state index is 12.7. The zero-order chi connectivity index (χ0) is 18.0. The van der Waals surface area contributed by atoms with Crippen molar-refractivity contribution >= 4 is 11.9 Å². The largest absolute Gasteiger partial charge is 0.480 e. The van der Waals surface area contributed by atoms with Gasteiger partial charge in [-0.3, -0.25) is 19.1 Å². The molecule has 1 aliphatic heterocycles. The summed E-state index contributed by atoms with van der Waals surface area (Å²) in [5.74, 6) is -1.19. The van der Waals surface area contributed by atoms with Gasteiger partial charge in [0.1, 0.15) is 12.1 Å². The summed E-state index contributed by atoms with van der Waals surface area (Å²) in [6.07, 6.45) is 3.32. The second-order valence-corrected chi connectivity index (χ2v) is 6.31. The standard InChI is InChI=1S/C17H20N4O4/c1-11-4-5-13(16(24)18-11)17(25)20-7-2-3-12(9-20)14-6-8-21(19-14)10-15(22)23/h4-6,8,12H,2-3,7,9-10H2,1H3,(H,18,24)(H,22,23). The van der Waals surface area contributed by atoms with E-state index in [1.165, 1.54) is 4.68 Å². The Balaban J connectivity index is 1.74. The number of carbonyl (C=O) groups excluding carboxylic acids is 1. The smallest absolute Gasteiger partial charge is 0.325 e. The molecular weight excluding hydrogens is 324 g/mol. The number of H-pyrrole nitrogens is 1. The summed E-state index contributed by atoms with van der Waals surface area (Å²) >= 11 is 0. The van der Waals surface area contributed by atoms with Gasteiger partial charge in [-0.15, -0.1) is 0 Å². The highest BCUT2D eigenvalue weighted by molar-refractivity contribution is 5.94. The number of nitrogens with zero attached hydrogens (tertiary/aromatic N) is 3. The molecule has 2 aromatic rings. The molecule has 1 aliphatic rings. The number of amides is 1. The molecule has 8 heteroatoms. The van der Waals surface area contributed by atoms with Gasteiger partial charge in [0.25, 0.3) is 11.5 Å². The van der Waals surface area contributed by atoms with Crippen LogP contribution in [0, 0.1) is 6.92 Å². The van der Waals surface area contributed by atoms with E-state index in [4.69, 9.17) is 5.11 Å². The highest BCUT2D eigenvalue weighted by Gasteiger charge is 2.28. The van der Waals surface area contributed by atoms with E-state index in [-0.39, 0.29) is 29.5 Å². The van der Waals surface area contributed by atoms with Crippen LogP contribution in [-0.4, -0.2) is 49.7 Å². The number of rotatable bonds is 4. The van der Waals surface area contributed by atoms with Crippen LogP contribution >= 0.6 is 0 Å². The molecule has 1 atom stereocenters. The lowest BCUT2D eigenvalue weighted by molar-refractivity contribution is -0.137. The Morgan fingerprint density at radius 2 is 2.16 bits per heavy atom. The van der Waals surface area contributed by atoms with Gasteiger partial charge in [0, 0.05) is 30.9 Å². The maximum Gasteiger partial charge on any atom is 0.325 e. The molecule has 3 heterocycles. The third kappa shape index (κ3) is 3.78. The molecule has 0 aromatic carbocycles. The molecule has 2 aromatic heterocycles. The van der Waals surface area contributed by atoms with Gasteiger partial charge in [-0.25, -0.2) is 0 Å². The lowest BCUT2D eigenvalue weighted by Gasteiger charge is -2.31. The highest BCUT2D eigenvalue weighted by atomic mass is 16.4. The summed E-state index contributed by atoms with van der Waals surface area (Å²) in [4.78, 5) is 39.8. The van der Waals surface area contributed by atoms with E-state index in [9.17, 15) is 14.4 Å². The second kappa shape index (κ2) is 6.92. The van der Waals surface area contributed by atoms with Crippen LogP contribution in [0.15, 0.2) is 29.2 Å². The Bertz CT molecular complexity index is 854. The van der Waals surface area contributed by atoms with Crippen molar-refractivity contribution in [3.05, 3.63) is 51.7 Å². The number of aliphatic carboxylic acids is 1. The number of carboxylic acids is 1. The van der Waals surface area contributed by atoms with Gasteiger partial charge < -0.3 is 15.0 Å². The molecule has 1 fully saturated rings. The van der Waals surface area contributed by atoms with Crippen molar-refractivity contribution in [2.75, 3.05) is 13.1 Å². The number of pyridine rings is 1. The van der Waals surface area contributed by atoms with E-state index in [1.807, 2.05) is 0 Å². The fraction of sp³-hybridized carbons (Fsp3) is 0.412. The van der Waals surface area contributed by atoms with Crippen molar-refractivity contribution < 1.29 is 14.7 Å². The lowest BCUT2D eigenvalue weighted by atomic mass is 9.94. The van der Waals surface area contributed by atoms with Crippen LogP contribution in [0.2, 0.25) is 0 Å². The third-order valence-corrected chi connectivity index (χ3v) is 4.37. The van der Waals surface area contributed by atoms with Crippen molar-refractivity contribution in [2.45, 2.75) is 32.2 Å². The van der Waals surface area contributed by atoms with Crippen LogP contribution in [-0.2, 0) is 11.3 Å². The number of hydrogen-bond acceptors (Lipinski definition) is 4. The van der Waals surface area contributed by atoms with E-state index in [0.29, 0.717) is 18.8 Å². The fourth-order valence-electron chi connectivity index (χ4n) is 3.14. The predicted molar refractivity (Wildman–Crippen MR) is 89.5 cm³/mol. The molecule has 132 valence electrons. The van der Waals surface area contributed by atoms with Crippen LogP contribution in [0.25, 0.3) is 0 Å². The molecule has 0 bridgehead atoms. The second-order valence-electron chi connectivity index (χ2n) is 6.31. The number of aromatic nitrogens is 3. The molecule has 3 rings (SSSR count). The Morgan fingerprint density at radius 3 is 2.88 bits per heavy atom. The quantitative estimate of drug-likeness (QED) is 0.860. The first-order valence-corrected chi connectivity index (χ1v) is 8.18. The van der Waals surface area contributed by atoms with Crippen LogP contribution in [0.3, 0.4) is 0 Å². The van der Waals surface area contributed by atoms with Crippen molar-refractivity contribution in [3.8, 4) is 0 Å². The highest BCUT2D eigenvalue weighted by Crippen LogP contribution is 2.26. The first-order chi connectivity index (χ1) is 11.9. The fourth-order valence-corrected chi connectivity index (χ4v) is 3.14. The van der Waals surface area contributed by atoms with Gasteiger partial charge in [-0.1, -0.05) is 0 Å². The van der Waals surface area contributed by atoms with Gasteiger partial charge in [-0.2, -0.15) is 5.10 Å². The summed E-state index contributed by atoms with van der Waals surface area (Å²) < 4.78 is 1.38. The predicted octanol–water partition coefficient (Wildman–Crippen LogP) is 0.984. The van der Waals surface area contributed by atoms with E-state index in [0.717, 1.165) is 18.5 Å². The first-order valence-electron chi connectivity index (χ1n) is 8.18. The van der Waals surface area contributed by atoms with Crippen LogP contribution in [0.4, 0.5) is 0 Å². The molecule has 2 N–H and O–H groups in total. The first kappa shape index (κ1) is 16.9. The van der Waals surface area contributed by atoms with Gasteiger partial charge in [-0.05, 0) is 38.0 Å². The van der Waals surface area contributed by atoms with Crippen LogP contribution in [0.5, 0.6) is 0 Å². The topological polar surface area (TPSA) is 108 Å². The summed E-state index contributed by atoms with van der Waals surface area (Å²) in [5.41, 5.74) is 1.25. The molecule has 0 aliphatic carbocycles. The van der Waals surface area contributed by atoms with Gasteiger partial charge in [0.2, 0.25) is 0 Å². The number of piperidine rings is 1. The Kier molecular flexibility index (Phi) is 4.69. The van der Waals surface area contributed by atoms with Crippen molar-refractivity contribution in [3.63, 3.8) is 0 Å². The molecule has 1 amide bonds. The third-order valence-electron chi connectivity index (χ3n) is 4.37. The summed E-state index contributed by atoms with van der Waals surface area (Å²) in [7, 11) is 0.